The molecule has 3 heterocycles. The molecular formula is C18H22N6O4S2. The highest BCUT2D eigenvalue weighted by atomic mass is 32.2. The van der Waals surface area contributed by atoms with Crippen molar-refractivity contribution in [1.82, 2.24) is 29.6 Å². The predicted molar refractivity (Wildman–Crippen MR) is 111 cm³/mol. The average Bonchev–Trinajstić information content (AvgIpc) is 3.39. The lowest BCUT2D eigenvalue weighted by molar-refractivity contribution is 0.0950. The summed E-state index contributed by atoms with van der Waals surface area (Å²) in [5, 5.41) is 15.1. The molecule has 10 nitrogen and oxygen atoms in total. The molecule has 3 rings (SSSR count). The Morgan fingerprint density at radius 2 is 2.00 bits per heavy atom. The SMILES string of the molecule is CCc1c(C(=O)NCc2ccc(S(=O)(=O)N(C)C)s2)cnn1-c1ccc(OC)nn1. The monoisotopic (exact) mass is 450 g/mol. The van der Waals surface area contributed by atoms with E-state index >= 15 is 0 Å². The van der Waals surface area contributed by atoms with E-state index in [1.807, 2.05) is 6.92 Å². The molecule has 0 aliphatic rings. The summed E-state index contributed by atoms with van der Waals surface area (Å²) in [5.74, 6) is 0.557. The average molecular weight is 451 g/mol. The highest BCUT2D eigenvalue weighted by molar-refractivity contribution is 7.91. The molecular weight excluding hydrogens is 428 g/mol. The molecule has 0 aliphatic heterocycles. The summed E-state index contributed by atoms with van der Waals surface area (Å²) in [4.78, 5) is 13.4. The van der Waals surface area contributed by atoms with Gasteiger partial charge in [-0.15, -0.1) is 21.5 Å². The fraction of sp³-hybridized carbons (Fsp3) is 0.333. The molecule has 0 fully saturated rings. The second-order valence-corrected chi connectivity index (χ2v) is 9.94. The van der Waals surface area contributed by atoms with E-state index in [1.54, 1.807) is 28.9 Å². The van der Waals surface area contributed by atoms with Gasteiger partial charge in [0, 0.05) is 25.0 Å². The molecule has 3 aromatic rings. The highest BCUT2D eigenvalue weighted by Crippen LogP contribution is 2.24. The Balaban J connectivity index is 1.75. The third-order valence-corrected chi connectivity index (χ3v) is 7.66. The van der Waals surface area contributed by atoms with Gasteiger partial charge in [-0.05, 0) is 24.6 Å². The van der Waals surface area contributed by atoms with Crippen LogP contribution >= 0.6 is 11.3 Å². The van der Waals surface area contributed by atoms with Crippen molar-refractivity contribution in [3.05, 3.63) is 46.6 Å². The number of hydrogen-bond acceptors (Lipinski definition) is 8. The van der Waals surface area contributed by atoms with Gasteiger partial charge >= 0.3 is 0 Å². The van der Waals surface area contributed by atoms with Gasteiger partial charge in [0.25, 0.3) is 15.9 Å². The lowest BCUT2D eigenvalue weighted by Gasteiger charge is -2.08. The van der Waals surface area contributed by atoms with Crippen LogP contribution in [0.15, 0.2) is 34.7 Å². The van der Waals surface area contributed by atoms with Gasteiger partial charge in [-0.2, -0.15) is 5.10 Å². The third-order valence-electron chi connectivity index (χ3n) is 4.30. The molecule has 0 saturated heterocycles. The summed E-state index contributed by atoms with van der Waals surface area (Å²) < 4.78 is 32.3. The lowest BCUT2D eigenvalue weighted by Crippen LogP contribution is -2.23. The second-order valence-electron chi connectivity index (χ2n) is 6.40. The minimum absolute atomic E-state index is 0.211. The van der Waals surface area contributed by atoms with Crippen molar-refractivity contribution < 1.29 is 17.9 Å². The number of thiophene rings is 1. The van der Waals surface area contributed by atoms with Crippen LogP contribution in [0.1, 0.15) is 27.9 Å². The number of nitrogens with one attached hydrogen (secondary N) is 1. The molecule has 0 aromatic carbocycles. The minimum Gasteiger partial charge on any atom is -0.480 e. The Hall–Kier alpha value is -2.83. The topological polar surface area (TPSA) is 119 Å². The van der Waals surface area contributed by atoms with E-state index in [4.69, 9.17) is 4.74 Å². The van der Waals surface area contributed by atoms with Crippen LogP contribution in [0, 0.1) is 0 Å². The predicted octanol–water partition coefficient (Wildman–Crippen LogP) is 1.48. The number of hydrogen-bond donors (Lipinski definition) is 1. The zero-order chi connectivity index (χ0) is 21.9. The lowest BCUT2D eigenvalue weighted by atomic mass is 10.2. The molecule has 30 heavy (non-hydrogen) atoms. The van der Waals surface area contributed by atoms with Gasteiger partial charge in [0.2, 0.25) is 5.88 Å². The Bertz CT molecular complexity index is 1140. The van der Waals surface area contributed by atoms with E-state index in [-0.39, 0.29) is 16.7 Å². The Kier molecular flexibility index (Phi) is 6.48. The van der Waals surface area contributed by atoms with Crippen LogP contribution in [0.25, 0.3) is 5.82 Å². The van der Waals surface area contributed by atoms with Gasteiger partial charge in [0.05, 0.1) is 31.1 Å². The first-order valence-corrected chi connectivity index (χ1v) is 11.3. The summed E-state index contributed by atoms with van der Waals surface area (Å²) >= 11 is 1.13. The normalized spacial score (nSPS) is 11.6. The van der Waals surface area contributed by atoms with E-state index in [9.17, 15) is 13.2 Å². The van der Waals surface area contributed by atoms with Gasteiger partial charge < -0.3 is 10.1 Å². The molecule has 0 radical (unpaired) electrons. The van der Waals surface area contributed by atoms with Crippen molar-refractivity contribution >= 4 is 27.3 Å². The van der Waals surface area contributed by atoms with Crippen molar-refractivity contribution in [2.45, 2.75) is 24.1 Å². The number of carbonyl (C=O) groups is 1. The first-order chi connectivity index (χ1) is 14.3. The van der Waals surface area contributed by atoms with Crippen LogP contribution in [0.4, 0.5) is 0 Å². The van der Waals surface area contributed by atoms with Crippen LogP contribution < -0.4 is 10.1 Å². The van der Waals surface area contributed by atoms with Crippen molar-refractivity contribution in [2.24, 2.45) is 0 Å². The standard InChI is InChI=1S/C18H22N6O4S2/c1-5-14-13(11-20-24(14)15-7-8-16(28-4)22-21-15)18(25)19-10-12-6-9-17(29-12)30(26,27)23(2)3/h6-9,11H,5,10H2,1-4H3,(H,19,25). The van der Waals surface area contributed by atoms with Crippen molar-refractivity contribution in [1.29, 1.82) is 0 Å². The van der Waals surface area contributed by atoms with E-state index < -0.39 is 10.0 Å². The van der Waals surface area contributed by atoms with Crippen LogP contribution in [0.3, 0.4) is 0 Å². The molecule has 0 spiro atoms. The number of aromatic nitrogens is 4. The first kappa shape index (κ1) is 21.9. The van der Waals surface area contributed by atoms with Gasteiger partial charge in [-0.25, -0.2) is 17.4 Å². The molecule has 0 aliphatic carbocycles. The van der Waals surface area contributed by atoms with E-state index in [2.05, 4.69) is 20.6 Å². The van der Waals surface area contributed by atoms with E-state index in [1.165, 1.54) is 27.4 Å². The number of methoxy groups -OCH3 is 1. The molecule has 1 amide bonds. The van der Waals surface area contributed by atoms with Gasteiger partial charge in [0.15, 0.2) is 5.82 Å². The summed E-state index contributed by atoms with van der Waals surface area (Å²) in [5.41, 5.74) is 1.11. The van der Waals surface area contributed by atoms with Crippen molar-refractivity contribution in [3.8, 4) is 11.7 Å². The largest absolute Gasteiger partial charge is 0.480 e. The number of carbonyl (C=O) groups excluding carboxylic acids is 1. The van der Waals surface area contributed by atoms with E-state index in [0.717, 1.165) is 20.5 Å². The molecule has 3 aromatic heterocycles. The van der Waals surface area contributed by atoms with Crippen LogP contribution in [-0.4, -0.2) is 59.8 Å². The number of amides is 1. The molecule has 1 N–H and O–H groups in total. The van der Waals surface area contributed by atoms with Crippen molar-refractivity contribution in [3.63, 3.8) is 0 Å². The maximum atomic E-state index is 12.7. The van der Waals surface area contributed by atoms with Crippen molar-refractivity contribution in [2.75, 3.05) is 21.2 Å². The fourth-order valence-corrected chi connectivity index (χ4v) is 5.13. The molecule has 0 saturated carbocycles. The number of rotatable bonds is 8. The van der Waals surface area contributed by atoms with Gasteiger partial charge in [0.1, 0.15) is 4.21 Å². The smallest absolute Gasteiger partial charge is 0.255 e. The molecule has 0 bridgehead atoms. The summed E-state index contributed by atoms with van der Waals surface area (Å²) in [6.45, 7) is 2.13. The molecule has 0 atom stereocenters. The molecule has 160 valence electrons. The fourth-order valence-electron chi connectivity index (χ4n) is 2.67. The molecule has 0 unspecified atom stereocenters. The maximum absolute atomic E-state index is 12.7. The second kappa shape index (κ2) is 8.90. The minimum atomic E-state index is -3.49. The molecule has 12 heteroatoms. The Morgan fingerprint density at radius 1 is 1.23 bits per heavy atom. The summed E-state index contributed by atoms with van der Waals surface area (Å²) in [6, 6.07) is 6.61. The number of ether oxygens (including phenoxy) is 1. The van der Waals surface area contributed by atoms with Gasteiger partial charge in [-0.1, -0.05) is 6.92 Å². The number of nitrogens with zero attached hydrogens (tertiary/aromatic N) is 5. The van der Waals surface area contributed by atoms with Crippen LogP contribution in [0.5, 0.6) is 5.88 Å². The number of sulfonamides is 1. The zero-order valence-electron chi connectivity index (χ0n) is 17.0. The Morgan fingerprint density at radius 3 is 2.60 bits per heavy atom. The zero-order valence-corrected chi connectivity index (χ0v) is 18.6. The summed E-state index contributed by atoms with van der Waals surface area (Å²) in [6.07, 6.45) is 2.04. The Labute approximate surface area is 178 Å². The third kappa shape index (κ3) is 4.35. The van der Waals surface area contributed by atoms with Gasteiger partial charge in [-0.3, -0.25) is 4.79 Å². The first-order valence-electron chi connectivity index (χ1n) is 9.02. The quantitative estimate of drug-likeness (QED) is 0.552. The highest BCUT2D eigenvalue weighted by Gasteiger charge is 2.21. The summed E-state index contributed by atoms with van der Waals surface area (Å²) in [7, 11) is 0.978. The van der Waals surface area contributed by atoms with Crippen LogP contribution in [0.2, 0.25) is 0 Å². The van der Waals surface area contributed by atoms with Crippen LogP contribution in [-0.2, 0) is 23.0 Å². The van der Waals surface area contributed by atoms with E-state index in [0.29, 0.717) is 29.4 Å². The maximum Gasteiger partial charge on any atom is 0.255 e.